The maximum absolute atomic E-state index is 13.8. The van der Waals surface area contributed by atoms with Crippen molar-refractivity contribution in [2.75, 3.05) is 10.6 Å². The number of Topliss-reactive ketones (excluding diaryl/α,β-unsaturated/α-hetero) is 1. The lowest BCUT2D eigenvalue weighted by Gasteiger charge is -2.14. The first-order valence-electron chi connectivity index (χ1n) is 10.2. The van der Waals surface area contributed by atoms with Gasteiger partial charge < -0.3 is 5.32 Å². The highest BCUT2D eigenvalue weighted by molar-refractivity contribution is 7.98. The number of carbonyl (C=O) groups is 2. The van der Waals surface area contributed by atoms with Gasteiger partial charge in [-0.05, 0) is 43.2 Å². The van der Waals surface area contributed by atoms with Gasteiger partial charge in [-0.1, -0.05) is 54.0 Å². The number of ketones is 1. The van der Waals surface area contributed by atoms with Gasteiger partial charge in [-0.3, -0.25) is 10.1 Å². The highest BCUT2D eigenvalue weighted by Crippen LogP contribution is 2.33. The minimum Gasteiger partial charge on any atom is -0.307 e. The van der Waals surface area contributed by atoms with Crippen LogP contribution in [0.15, 0.2) is 53.4 Å². The summed E-state index contributed by atoms with van der Waals surface area (Å²) in [5, 5.41) is 5.67. The Bertz CT molecular complexity index is 1120. The molecule has 4 rings (SSSR count). The number of thiazole rings is 1. The van der Waals surface area contributed by atoms with Gasteiger partial charge in [-0.2, -0.15) is 0 Å². The summed E-state index contributed by atoms with van der Waals surface area (Å²) in [6.45, 7) is 0. The summed E-state index contributed by atoms with van der Waals surface area (Å²) < 4.78 is 14.3. The molecule has 0 spiro atoms. The molecular formula is C23H21ClFN3O2S2. The van der Waals surface area contributed by atoms with Crippen molar-refractivity contribution in [3.63, 3.8) is 0 Å². The van der Waals surface area contributed by atoms with E-state index in [2.05, 4.69) is 15.6 Å². The van der Waals surface area contributed by atoms with Gasteiger partial charge in [0.05, 0.1) is 11.4 Å². The Morgan fingerprint density at radius 2 is 1.88 bits per heavy atom. The summed E-state index contributed by atoms with van der Waals surface area (Å²) in [6, 6.07) is 13.1. The first kappa shape index (κ1) is 22.8. The first-order chi connectivity index (χ1) is 15.5. The second-order valence-corrected chi connectivity index (χ2v) is 10.1. The number of nitrogens with one attached hydrogen (secondary N) is 2. The lowest BCUT2D eigenvalue weighted by atomic mass is 9.95. The van der Waals surface area contributed by atoms with Crippen molar-refractivity contribution >= 4 is 57.3 Å². The Balaban J connectivity index is 1.41. The van der Waals surface area contributed by atoms with E-state index in [0.29, 0.717) is 20.9 Å². The van der Waals surface area contributed by atoms with Crippen molar-refractivity contribution in [1.29, 1.82) is 0 Å². The third kappa shape index (κ3) is 5.68. The van der Waals surface area contributed by atoms with Gasteiger partial charge in [0.25, 0.3) is 0 Å². The molecule has 1 aromatic heterocycles. The fourth-order valence-corrected chi connectivity index (χ4v) is 5.70. The van der Waals surface area contributed by atoms with E-state index in [0.717, 1.165) is 41.9 Å². The van der Waals surface area contributed by atoms with E-state index in [4.69, 9.17) is 11.6 Å². The molecule has 0 unspecified atom stereocenters. The number of amides is 2. The fourth-order valence-electron chi connectivity index (χ4n) is 3.63. The van der Waals surface area contributed by atoms with Crippen LogP contribution in [0.5, 0.6) is 0 Å². The van der Waals surface area contributed by atoms with Crippen LogP contribution in [0.2, 0.25) is 4.34 Å². The molecule has 9 heteroatoms. The normalized spacial score (nSPS) is 13.8. The van der Waals surface area contributed by atoms with E-state index in [9.17, 15) is 14.0 Å². The van der Waals surface area contributed by atoms with Crippen LogP contribution in [0.3, 0.4) is 0 Å². The molecule has 0 aliphatic heterocycles. The smallest absolute Gasteiger partial charge is 0.307 e. The minimum absolute atomic E-state index is 0.122. The molecule has 0 radical (unpaired) electrons. The summed E-state index contributed by atoms with van der Waals surface area (Å²) in [7, 11) is 0. The lowest BCUT2D eigenvalue weighted by Crippen LogP contribution is -2.22. The number of urea groups is 1. The summed E-state index contributed by atoms with van der Waals surface area (Å²) in [6.07, 6.45) is 3.57. The average Bonchev–Trinajstić information content (AvgIpc) is 3.44. The molecule has 1 saturated carbocycles. The SMILES string of the molecule is O=C(Nc1nc(CSc2ccccc2)c(Cl)s1)Nc1ccc(F)cc1C(=O)C1CCCC1. The second kappa shape index (κ2) is 10.5. The number of carbonyl (C=O) groups excluding carboxylic acids is 2. The predicted octanol–water partition coefficient (Wildman–Crippen LogP) is 7.24. The van der Waals surface area contributed by atoms with E-state index in [1.54, 1.807) is 11.8 Å². The third-order valence-electron chi connectivity index (χ3n) is 5.21. The van der Waals surface area contributed by atoms with Gasteiger partial charge in [0.15, 0.2) is 10.9 Å². The van der Waals surface area contributed by atoms with Gasteiger partial charge in [-0.15, -0.1) is 11.8 Å². The van der Waals surface area contributed by atoms with Crippen LogP contribution < -0.4 is 10.6 Å². The number of hydrogen-bond acceptors (Lipinski definition) is 5. The molecule has 1 fully saturated rings. The highest BCUT2D eigenvalue weighted by Gasteiger charge is 2.26. The quantitative estimate of drug-likeness (QED) is 0.271. The maximum Gasteiger partial charge on any atom is 0.325 e. The number of anilines is 2. The van der Waals surface area contributed by atoms with Crippen molar-refractivity contribution < 1.29 is 14.0 Å². The average molecular weight is 490 g/mol. The van der Waals surface area contributed by atoms with Gasteiger partial charge in [0, 0.05) is 22.1 Å². The van der Waals surface area contributed by atoms with Crippen LogP contribution in [0.4, 0.5) is 20.0 Å². The van der Waals surface area contributed by atoms with Gasteiger partial charge in [-0.25, -0.2) is 14.2 Å². The molecule has 166 valence electrons. The molecule has 0 bridgehead atoms. The standard InChI is InChI=1S/C23H21ClFN3O2S2/c24-21-19(13-31-16-8-2-1-3-9-16)27-23(32-21)28-22(30)26-18-11-10-15(25)12-17(18)20(29)14-6-4-5-7-14/h1-3,8-12,14H,4-7,13H2,(H2,26,27,28,30). The fraction of sp³-hybridized carbons (Fsp3) is 0.261. The predicted molar refractivity (Wildman–Crippen MR) is 128 cm³/mol. The number of thioether (sulfide) groups is 1. The molecule has 1 aliphatic rings. The zero-order valence-electron chi connectivity index (χ0n) is 17.1. The Hall–Kier alpha value is -2.42. The van der Waals surface area contributed by atoms with E-state index >= 15 is 0 Å². The van der Waals surface area contributed by atoms with Crippen molar-refractivity contribution in [2.24, 2.45) is 5.92 Å². The Morgan fingerprint density at radius 3 is 2.62 bits per heavy atom. The van der Waals surface area contributed by atoms with Gasteiger partial charge in [0.2, 0.25) is 0 Å². The Labute approximate surface area is 198 Å². The summed E-state index contributed by atoms with van der Waals surface area (Å²) in [5.41, 5.74) is 1.16. The molecule has 2 amide bonds. The molecule has 3 aromatic rings. The van der Waals surface area contributed by atoms with Gasteiger partial charge >= 0.3 is 6.03 Å². The molecule has 0 atom stereocenters. The molecule has 2 aromatic carbocycles. The van der Waals surface area contributed by atoms with Crippen molar-refractivity contribution in [1.82, 2.24) is 4.98 Å². The molecule has 0 saturated heterocycles. The zero-order chi connectivity index (χ0) is 22.5. The van der Waals surface area contributed by atoms with Crippen LogP contribution in [-0.2, 0) is 5.75 Å². The summed E-state index contributed by atoms with van der Waals surface area (Å²) >= 11 is 9.06. The molecule has 32 heavy (non-hydrogen) atoms. The minimum atomic E-state index is -0.565. The molecule has 2 N–H and O–H groups in total. The van der Waals surface area contributed by atoms with Crippen LogP contribution in [0.1, 0.15) is 41.7 Å². The summed E-state index contributed by atoms with van der Waals surface area (Å²) in [5.74, 6) is -0.192. The molecule has 1 aliphatic carbocycles. The molecule has 5 nitrogen and oxygen atoms in total. The van der Waals surface area contributed by atoms with Crippen LogP contribution in [0, 0.1) is 11.7 Å². The largest absolute Gasteiger partial charge is 0.325 e. The number of benzene rings is 2. The third-order valence-corrected chi connectivity index (χ3v) is 7.48. The van der Waals surface area contributed by atoms with E-state index in [1.165, 1.54) is 18.2 Å². The number of hydrogen-bond donors (Lipinski definition) is 2. The van der Waals surface area contributed by atoms with Crippen molar-refractivity contribution in [3.8, 4) is 0 Å². The molecule has 1 heterocycles. The number of nitrogens with zero attached hydrogens (tertiary/aromatic N) is 1. The second-order valence-electron chi connectivity index (χ2n) is 7.46. The topological polar surface area (TPSA) is 71.1 Å². The number of aromatic nitrogens is 1. The number of rotatable bonds is 7. The van der Waals surface area contributed by atoms with Crippen LogP contribution in [0.25, 0.3) is 0 Å². The van der Waals surface area contributed by atoms with Crippen LogP contribution >= 0.6 is 34.7 Å². The zero-order valence-corrected chi connectivity index (χ0v) is 19.5. The van der Waals surface area contributed by atoms with E-state index in [1.807, 2.05) is 30.3 Å². The number of halogens is 2. The Morgan fingerprint density at radius 1 is 1.12 bits per heavy atom. The summed E-state index contributed by atoms with van der Waals surface area (Å²) in [4.78, 5) is 30.9. The lowest BCUT2D eigenvalue weighted by molar-refractivity contribution is 0.0923. The first-order valence-corrected chi connectivity index (χ1v) is 12.4. The monoisotopic (exact) mass is 489 g/mol. The Kier molecular flexibility index (Phi) is 7.44. The molecular weight excluding hydrogens is 469 g/mol. The van der Waals surface area contributed by atoms with Gasteiger partial charge in [0.1, 0.15) is 10.2 Å². The highest BCUT2D eigenvalue weighted by atomic mass is 35.5. The van der Waals surface area contributed by atoms with Crippen molar-refractivity contribution in [2.45, 2.75) is 36.3 Å². The van der Waals surface area contributed by atoms with E-state index < -0.39 is 11.8 Å². The van der Waals surface area contributed by atoms with Crippen LogP contribution in [-0.4, -0.2) is 16.8 Å². The maximum atomic E-state index is 13.8. The van der Waals surface area contributed by atoms with E-state index in [-0.39, 0.29) is 23.0 Å². The van der Waals surface area contributed by atoms with Crippen molar-refractivity contribution in [3.05, 3.63) is 69.9 Å².